The minimum absolute atomic E-state index is 0.0391. The third-order valence-corrected chi connectivity index (χ3v) is 4.26. The van der Waals surface area contributed by atoms with Crippen LogP contribution in [0.3, 0.4) is 0 Å². The molecule has 1 atom stereocenters. The molecule has 2 rings (SSSR count). The maximum Gasteiger partial charge on any atom is 0.235 e. The zero-order chi connectivity index (χ0) is 16.1. The molecule has 2 aromatic rings. The van der Waals surface area contributed by atoms with Crippen molar-refractivity contribution in [3.05, 3.63) is 18.4 Å². The molecule has 0 saturated carbocycles. The van der Waals surface area contributed by atoms with E-state index >= 15 is 0 Å². The number of hydrogen-bond acceptors (Lipinski definition) is 6. The van der Waals surface area contributed by atoms with Gasteiger partial charge in [0.05, 0.1) is 24.0 Å². The number of hydrogen-bond donors (Lipinski definition) is 0. The molecule has 0 aromatic carbocycles. The van der Waals surface area contributed by atoms with Crippen molar-refractivity contribution in [3.63, 3.8) is 0 Å². The lowest BCUT2D eigenvalue weighted by Gasteiger charge is -2.19. The third kappa shape index (κ3) is 3.49. The Hall–Kier alpha value is -2.27. The molecule has 22 heavy (non-hydrogen) atoms. The van der Waals surface area contributed by atoms with Crippen LogP contribution in [-0.2, 0) is 11.8 Å². The average Bonchev–Trinajstić information content (AvgIpc) is 3.14. The molecule has 2 aromatic heterocycles. The van der Waals surface area contributed by atoms with Gasteiger partial charge in [0.1, 0.15) is 0 Å². The van der Waals surface area contributed by atoms with Crippen molar-refractivity contribution in [1.82, 2.24) is 19.7 Å². The van der Waals surface area contributed by atoms with E-state index < -0.39 is 0 Å². The highest BCUT2D eigenvalue weighted by molar-refractivity contribution is 8.00. The molecule has 2 heterocycles. The topological polar surface area (TPSA) is 87.9 Å². The van der Waals surface area contributed by atoms with Gasteiger partial charge in [-0.3, -0.25) is 4.79 Å². The number of carbonyl (C=O) groups is 1. The summed E-state index contributed by atoms with van der Waals surface area (Å²) in [5.74, 6) is 1.21. The normalized spacial score (nSPS) is 11.9. The molecule has 0 aliphatic heterocycles. The number of nitrogens with zero attached hydrogens (tertiary/aromatic N) is 5. The van der Waals surface area contributed by atoms with Gasteiger partial charge in [0.25, 0.3) is 0 Å². The van der Waals surface area contributed by atoms with Gasteiger partial charge in [-0.1, -0.05) is 11.8 Å². The molecule has 0 saturated heterocycles. The summed E-state index contributed by atoms with van der Waals surface area (Å²) in [5, 5.41) is 17.1. The number of thioether (sulfide) groups is 1. The van der Waals surface area contributed by atoms with Crippen LogP contribution in [0.2, 0.25) is 0 Å². The van der Waals surface area contributed by atoms with Crippen LogP contribution in [0.1, 0.15) is 13.3 Å². The quantitative estimate of drug-likeness (QED) is 0.756. The summed E-state index contributed by atoms with van der Waals surface area (Å²) in [5.41, 5.74) is 0. The third-order valence-electron chi connectivity index (χ3n) is 3.14. The molecule has 1 amide bonds. The van der Waals surface area contributed by atoms with Crippen LogP contribution in [-0.4, -0.2) is 44.4 Å². The zero-order valence-electron chi connectivity index (χ0n) is 12.7. The Balaban J connectivity index is 2.05. The van der Waals surface area contributed by atoms with Crippen molar-refractivity contribution in [2.75, 3.05) is 13.6 Å². The predicted molar refractivity (Wildman–Crippen MR) is 81.9 cm³/mol. The summed E-state index contributed by atoms with van der Waals surface area (Å²) in [6, 6.07) is 5.63. The van der Waals surface area contributed by atoms with E-state index in [1.807, 2.05) is 26.1 Å². The predicted octanol–water partition coefficient (Wildman–Crippen LogP) is 1.93. The van der Waals surface area contributed by atoms with E-state index in [-0.39, 0.29) is 11.2 Å². The SMILES string of the molecule is C[C@H](Sc1nnc(-c2ccco2)n1C)C(=O)N(C)CCC#N. The summed E-state index contributed by atoms with van der Waals surface area (Å²) in [7, 11) is 3.53. The van der Waals surface area contributed by atoms with Crippen molar-refractivity contribution in [2.45, 2.75) is 23.8 Å². The van der Waals surface area contributed by atoms with Gasteiger partial charge >= 0.3 is 0 Å². The van der Waals surface area contributed by atoms with Crippen molar-refractivity contribution < 1.29 is 9.21 Å². The Morgan fingerprint density at radius 1 is 1.59 bits per heavy atom. The van der Waals surface area contributed by atoms with Crippen LogP contribution in [0.5, 0.6) is 0 Å². The van der Waals surface area contributed by atoms with Gasteiger partial charge in [-0.05, 0) is 19.1 Å². The Morgan fingerprint density at radius 3 is 3.00 bits per heavy atom. The van der Waals surface area contributed by atoms with Gasteiger partial charge in [0.15, 0.2) is 16.7 Å². The van der Waals surface area contributed by atoms with E-state index in [0.717, 1.165) is 0 Å². The van der Waals surface area contributed by atoms with E-state index in [4.69, 9.17) is 9.68 Å². The largest absolute Gasteiger partial charge is 0.461 e. The maximum absolute atomic E-state index is 12.2. The Kier molecular flexibility index (Phi) is 5.22. The molecule has 0 aliphatic carbocycles. The molecule has 7 nitrogen and oxygen atoms in total. The lowest BCUT2D eigenvalue weighted by atomic mass is 10.3. The van der Waals surface area contributed by atoms with E-state index in [9.17, 15) is 4.79 Å². The first-order valence-corrected chi connectivity index (χ1v) is 7.64. The zero-order valence-corrected chi connectivity index (χ0v) is 13.5. The number of aromatic nitrogens is 3. The first-order chi connectivity index (χ1) is 10.5. The molecule has 116 valence electrons. The Morgan fingerprint density at radius 2 is 2.36 bits per heavy atom. The second-order valence-corrected chi connectivity index (χ2v) is 6.08. The fraction of sp³-hybridized carbons (Fsp3) is 0.429. The Labute approximate surface area is 132 Å². The average molecular weight is 319 g/mol. The van der Waals surface area contributed by atoms with Crippen LogP contribution in [0.15, 0.2) is 28.0 Å². The van der Waals surface area contributed by atoms with E-state index in [2.05, 4.69) is 10.2 Å². The lowest BCUT2D eigenvalue weighted by molar-refractivity contribution is -0.128. The van der Waals surface area contributed by atoms with Crippen LogP contribution in [0, 0.1) is 11.3 Å². The number of nitriles is 1. The molecule has 0 radical (unpaired) electrons. The molecule has 0 N–H and O–H groups in total. The second-order valence-electron chi connectivity index (χ2n) is 4.77. The van der Waals surface area contributed by atoms with Crippen LogP contribution in [0.4, 0.5) is 0 Å². The number of rotatable bonds is 6. The highest BCUT2D eigenvalue weighted by Gasteiger charge is 2.22. The summed E-state index contributed by atoms with van der Waals surface area (Å²) in [6.45, 7) is 2.24. The van der Waals surface area contributed by atoms with Gasteiger partial charge in [-0.25, -0.2) is 0 Å². The monoisotopic (exact) mass is 319 g/mol. The molecular weight excluding hydrogens is 302 g/mol. The van der Waals surface area contributed by atoms with Crippen LogP contribution >= 0.6 is 11.8 Å². The fourth-order valence-corrected chi connectivity index (χ4v) is 2.81. The van der Waals surface area contributed by atoms with E-state index in [1.165, 1.54) is 11.8 Å². The lowest BCUT2D eigenvalue weighted by Crippen LogP contribution is -2.34. The highest BCUT2D eigenvalue weighted by Crippen LogP contribution is 2.26. The summed E-state index contributed by atoms with van der Waals surface area (Å²) < 4.78 is 7.10. The molecule has 8 heteroatoms. The smallest absolute Gasteiger partial charge is 0.235 e. The van der Waals surface area contributed by atoms with Gasteiger partial charge in [-0.2, -0.15) is 5.26 Å². The minimum Gasteiger partial charge on any atom is -0.461 e. The van der Waals surface area contributed by atoms with E-state index in [0.29, 0.717) is 29.7 Å². The number of furan rings is 1. The first kappa shape index (κ1) is 16.1. The van der Waals surface area contributed by atoms with Crippen LogP contribution < -0.4 is 0 Å². The van der Waals surface area contributed by atoms with Crippen molar-refractivity contribution in [1.29, 1.82) is 5.26 Å². The van der Waals surface area contributed by atoms with Crippen molar-refractivity contribution in [3.8, 4) is 17.7 Å². The summed E-state index contributed by atoms with van der Waals surface area (Å²) in [6.07, 6.45) is 1.90. The fourth-order valence-electron chi connectivity index (χ4n) is 1.88. The minimum atomic E-state index is -0.309. The number of amides is 1. The van der Waals surface area contributed by atoms with Crippen molar-refractivity contribution >= 4 is 17.7 Å². The maximum atomic E-state index is 12.2. The molecule has 0 fully saturated rings. The molecule has 0 aliphatic rings. The highest BCUT2D eigenvalue weighted by atomic mass is 32.2. The molecular formula is C14H17N5O2S. The van der Waals surface area contributed by atoms with Crippen LogP contribution in [0.25, 0.3) is 11.6 Å². The second kappa shape index (κ2) is 7.13. The first-order valence-electron chi connectivity index (χ1n) is 6.76. The Bertz CT molecular complexity index is 674. The van der Waals surface area contributed by atoms with E-state index in [1.54, 1.807) is 28.8 Å². The molecule has 0 spiro atoms. The van der Waals surface area contributed by atoms with Gasteiger partial charge in [0, 0.05) is 20.6 Å². The van der Waals surface area contributed by atoms with Gasteiger partial charge < -0.3 is 13.9 Å². The van der Waals surface area contributed by atoms with Crippen molar-refractivity contribution in [2.24, 2.45) is 7.05 Å². The van der Waals surface area contributed by atoms with Gasteiger partial charge in [-0.15, -0.1) is 10.2 Å². The summed E-state index contributed by atoms with van der Waals surface area (Å²) in [4.78, 5) is 13.8. The molecule has 0 bridgehead atoms. The molecule has 0 unspecified atom stereocenters. The summed E-state index contributed by atoms with van der Waals surface area (Å²) >= 11 is 1.33. The standard InChI is InChI=1S/C14H17N5O2S/c1-10(13(20)18(2)8-5-7-15)22-14-17-16-12(19(14)3)11-6-4-9-21-11/h4,6,9-10H,5,8H2,1-3H3/t10-/m0/s1. The van der Waals surface area contributed by atoms with Gasteiger partial charge in [0.2, 0.25) is 5.91 Å². The number of carbonyl (C=O) groups excluding carboxylic acids is 1.